The maximum absolute atomic E-state index is 12.3. The summed E-state index contributed by atoms with van der Waals surface area (Å²) in [4.78, 5) is 24.9. The lowest BCUT2D eigenvalue weighted by Crippen LogP contribution is -2.30. The van der Waals surface area contributed by atoms with Crippen LogP contribution >= 0.6 is 24.0 Å². The van der Waals surface area contributed by atoms with E-state index in [1.165, 1.54) is 11.8 Å². The number of carbonyl (C=O) groups is 2. The predicted octanol–water partition coefficient (Wildman–Crippen LogP) is 1.73. The zero-order valence-corrected chi connectivity index (χ0v) is 13.9. The Bertz CT molecular complexity index is 674. The van der Waals surface area contributed by atoms with Crippen molar-refractivity contribution < 1.29 is 24.5 Å². The van der Waals surface area contributed by atoms with E-state index in [-0.39, 0.29) is 19.1 Å². The van der Waals surface area contributed by atoms with E-state index in [1.807, 2.05) is 0 Å². The SMILES string of the molecule is CC(Oc1ccccc1/C=C1\SC(=S)N(CCO)C1=O)C(=O)O. The van der Waals surface area contributed by atoms with Crippen LogP contribution in [0.4, 0.5) is 0 Å². The zero-order valence-electron chi connectivity index (χ0n) is 12.3. The normalized spacial score (nSPS) is 17.7. The summed E-state index contributed by atoms with van der Waals surface area (Å²) in [6.07, 6.45) is 0.606. The highest BCUT2D eigenvalue weighted by molar-refractivity contribution is 8.26. The smallest absolute Gasteiger partial charge is 0.344 e. The van der Waals surface area contributed by atoms with Crippen molar-refractivity contribution in [3.8, 4) is 5.75 Å². The fourth-order valence-corrected chi connectivity index (χ4v) is 3.18. The summed E-state index contributed by atoms with van der Waals surface area (Å²) < 4.78 is 5.78. The summed E-state index contributed by atoms with van der Waals surface area (Å²) in [6, 6.07) is 6.85. The maximum Gasteiger partial charge on any atom is 0.344 e. The molecule has 0 bridgehead atoms. The van der Waals surface area contributed by atoms with E-state index in [9.17, 15) is 9.59 Å². The van der Waals surface area contributed by atoms with Crippen molar-refractivity contribution in [2.45, 2.75) is 13.0 Å². The standard InChI is InChI=1S/C15H15NO5S2/c1-9(14(19)20)21-11-5-3-2-4-10(11)8-12-13(18)16(6-7-17)15(22)23-12/h2-5,8-9,17H,6-7H2,1H3,(H,19,20)/b12-8-. The van der Waals surface area contributed by atoms with Gasteiger partial charge in [-0.1, -0.05) is 42.2 Å². The molecule has 0 aromatic heterocycles. The number of amides is 1. The van der Waals surface area contributed by atoms with Gasteiger partial charge in [0.25, 0.3) is 5.91 Å². The summed E-state index contributed by atoms with van der Waals surface area (Å²) in [5.41, 5.74) is 0.588. The third kappa shape index (κ3) is 4.10. The van der Waals surface area contributed by atoms with Gasteiger partial charge in [0.15, 0.2) is 6.10 Å². The number of para-hydroxylation sites is 1. The van der Waals surface area contributed by atoms with E-state index in [0.29, 0.717) is 20.5 Å². The molecule has 6 nitrogen and oxygen atoms in total. The molecule has 1 fully saturated rings. The third-order valence-corrected chi connectivity index (χ3v) is 4.43. The Labute approximate surface area is 142 Å². The number of aliphatic hydroxyl groups excluding tert-OH is 1. The molecule has 1 amide bonds. The van der Waals surface area contributed by atoms with Crippen LogP contribution in [-0.2, 0) is 9.59 Å². The number of benzene rings is 1. The predicted molar refractivity (Wildman–Crippen MR) is 91.1 cm³/mol. The highest BCUT2D eigenvalue weighted by atomic mass is 32.2. The van der Waals surface area contributed by atoms with Gasteiger partial charge in [0.2, 0.25) is 0 Å². The van der Waals surface area contributed by atoms with Gasteiger partial charge in [-0.3, -0.25) is 9.69 Å². The number of rotatable bonds is 6. The molecule has 1 saturated heterocycles. The second kappa shape index (κ2) is 7.58. The van der Waals surface area contributed by atoms with Crippen LogP contribution in [0.2, 0.25) is 0 Å². The molecule has 0 aliphatic carbocycles. The fourth-order valence-electron chi connectivity index (χ4n) is 1.88. The highest BCUT2D eigenvalue weighted by Crippen LogP contribution is 2.34. The Kier molecular flexibility index (Phi) is 5.75. The van der Waals surface area contributed by atoms with Crippen LogP contribution in [0.5, 0.6) is 5.75 Å². The van der Waals surface area contributed by atoms with Crippen LogP contribution in [0.15, 0.2) is 29.2 Å². The van der Waals surface area contributed by atoms with Gasteiger partial charge in [-0.25, -0.2) is 4.79 Å². The van der Waals surface area contributed by atoms with E-state index in [2.05, 4.69) is 0 Å². The Morgan fingerprint density at radius 2 is 2.17 bits per heavy atom. The lowest BCUT2D eigenvalue weighted by atomic mass is 10.2. The second-order valence-corrected chi connectivity index (χ2v) is 6.37. The van der Waals surface area contributed by atoms with Gasteiger partial charge < -0.3 is 14.9 Å². The van der Waals surface area contributed by atoms with Gasteiger partial charge in [0.05, 0.1) is 18.1 Å². The van der Waals surface area contributed by atoms with Crippen LogP contribution in [0.1, 0.15) is 12.5 Å². The largest absolute Gasteiger partial charge is 0.479 e. The number of β-amino-alcohol motifs (C(OH)–C–C–N with tert-alkyl or cyclic N) is 1. The maximum atomic E-state index is 12.3. The monoisotopic (exact) mass is 353 g/mol. The molecule has 23 heavy (non-hydrogen) atoms. The molecule has 1 atom stereocenters. The molecular formula is C15H15NO5S2. The van der Waals surface area contributed by atoms with Crippen LogP contribution in [-0.4, -0.2) is 50.6 Å². The Morgan fingerprint density at radius 1 is 1.48 bits per heavy atom. The Hall–Kier alpha value is -1.90. The topological polar surface area (TPSA) is 87.1 Å². The van der Waals surface area contributed by atoms with Gasteiger partial charge in [-0.05, 0) is 19.1 Å². The molecule has 122 valence electrons. The Balaban J connectivity index is 2.28. The number of carbonyl (C=O) groups excluding carboxylic acids is 1. The molecule has 0 saturated carbocycles. The van der Waals surface area contributed by atoms with Gasteiger partial charge in [0, 0.05) is 5.56 Å². The number of hydrogen-bond donors (Lipinski definition) is 2. The molecule has 0 radical (unpaired) electrons. The zero-order chi connectivity index (χ0) is 17.0. The molecular weight excluding hydrogens is 338 g/mol. The Morgan fingerprint density at radius 3 is 2.83 bits per heavy atom. The van der Waals surface area contributed by atoms with E-state index in [4.69, 9.17) is 27.2 Å². The summed E-state index contributed by atoms with van der Waals surface area (Å²) in [6.45, 7) is 1.41. The average Bonchev–Trinajstić information content (AvgIpc) is 2.77. The average molecular weight is 353 g/mol. The van der Waals surface area contributed by atoms with Crippen LogP contribution in [0.25, 0.3) is 6.08 Å². The van der Waals surface area contributed by atoms with E-state index in [0.717, 1.165) is 11.8 Å². The minimum absolute atomic E-state index is 0.149. The number of thiocarbonyl (C=S) groups is 1. The summed E-state index contributed by atoms with van der Waals surface area (Å²) in [7, 11) is 0. The number of thioether (sulfide) groups is 1. The van der Waals surface area contributed by atoms with Crippen molar-refractivity contribution in [3.05, 3.63) is 34.7 Å². The van der Waals surface area contributed by atoms with Crippen LogP contribution in [0, 0.1) is 0 Å². The fraction of sp³-hybridized carbons (Fsp3) is 0.267. The number of carboxylic acid groups (broad SMARTS) is 1. The number of nitrogens with zero attached hydrogens (tertiary/aromatic N) is 1. The van der Waals surface area contributed by atoms with E-state index < -0.39 is 12.1 Å². The summed E-state index contributed by atoms with van der Waals surface area (Å²) in [5, 5.41) is 17.9. The molecule has 1 heterocycles. The summed E-state index contributed by atoms with van der Waals surface area (Å²) in [5.74, 6) is -0.987. The molecule has 2 rings (SSSR count). The first-order valence-electron chi connectivity index (χ1n) is 6.78. The molecule has 1 aliphatic rings. The van der Waals surface area contributed by atoms with Gasteiger partial charge >= 0.3 is 5.97 Å². The number of ether oxygens (including phenoxy) is 1. The molecule has 1 aliphatic heterocycles. The first-order chi connectivity index (χ1) is 10.9. The lowest BCUT2D eigenvalue weighted by Gasteiger charge is -2.13. The van der Waals surface area contributed by atoms with E-state index in [1.54, 1.807) is 30.3 Å². The lowest BCUT2D eigenvalue weighted by molar-refractivity contribution is -0.144. The van der Waals surface area contributed by atoms with Crippen LogP contribution < -0.4 is 4.74 Å². The van der Waals surface area contributed by atoms with Crippen molar-refractivity contribution in [1.29, 1.82) is 0 Å². The number of aliphatic carboxylic acids is 1. The summed E-state index contributed by atoms with van der Waals surface area (Å²) >= 11 is 6.26. The third-order valence-electron chi connectivity index (χ3n) is 3.05. The van der Waals surface area contributed by atoms with Crippen molar-refractivity contribution in [1.82, 2.24) is 4.90 Å². The molecule has 1 aromatic rings. The molecule has 0 spiro atoms. The van der Waals surface area contributed by atoms with Crippen molar-refractivity contribution in [3.63, 3.8) is 0 Å². The highest BCUT2D eigenvalue weighted by Gasteiger charge is 2.31. The molecule has 1 unspecified atom stereocenters. The number of aliphatic hydroxyl groups is 1. The van der Waals surface area contributed by atoms with Crippen molar-refractivity contribution in [2.24, 2.45) is 0 Å². The van der Waals surface area contributed by atoms with Crippen molar-refractivity contribution >= 4 is 46.3 Å². The minimum atomic E-state index is -1.07. The van der Waals surface area contributed by atoms with Crippen LogP contribution in [0.3, 0.4) is 0 Å². The quantitative estimate of drug-likeness (QED) is 0.595. The molecule has 8 heteroatoms. The van der Waals surface area contributed by atoms with Gasteiger partial charge in [-0.15, -0.1) is 0 Å². The number of carboxylic acids is 1. The number of hydrogen-bond acceptors (Lipinski definition) is 6. The van der Waals surface area contributed by atoms with Gasteiger partial charge in [-0.2, -0.15) is 0 Å². The van der Waals surface area contributed by atoms with Gasteiger partial charge in [0.1, 0.15) is 10.1 Å². The molecule has 1 aromatic carbocycles. The molecule has 2 N–H and O–H groups in total. The van der Waals surface area contributed by atoms with Crippen molar-refractivity contribution in [2.75, 3.05) is 13.2 Å². The first kappa shape index (κ1) is 17.5. The first-order valence-corrected chi connectivity index (χ1v) is 8.01. The van der Waals surface area contributed by atoms with E-state index >= 15 is 0 Å². The minimum Gasteiger partial charge on any atom is -0.479 e. The second-order valence-electron chi connectivity index (χ2n) is 4.69.